The van der Waals surface area contributed by atoms with Crippen molar-refractivity contribution in [3.8, 4) is 11.8 Å². The molecule has 37 heavy (non-hydrogen) atoms. The molecule has 3 aliphatic rings. The maximum Gasteiger partial charge on any atom is 0.416 e. The highest BCUT2D eigenvalue weighted by Crippen LogP contribution is 2.32. The summed E-state index contributed by atoms with van der Waals surface area (Å²) in [6.45, 7) is -1.93. The summed E-state index contributed by atoms with van der Waals surface area (Å²) in [6.07, 6.45) is -4.21. The summed E-state index contributed by atoms with van der Waals surface area (Å²) in [5.74, 6) is 5.99. The van der Waals surface area contributed by atoms with Crippen LogP contribution < -0.4 is 15.8 Å². The predicted molar refractivity (Wildman–Crippen MR) is 123 cm³/mol. The first-order chi connectivity index (χ1) is 17.2. The number of allylic oxidation sites excluding steroid dienone is 1. The van der Waals surface area contributed by atoms with E-state index in [1.54, 1.807) is 12.2 Å². The van der Waals surface area contributed by atoms with Crippen molar-refractivity contribution < 1.29 is 34.8 Å². The fourth-order valence-corrected chi connectivity index (χ4v) is 4.05. The molecule has 0 radical (unpaired) electrons. The number of amidine groups is 1. The van der Waals surface area contributed by atoms with E-state index in [2.05, 4.69) is 37.5 Å². The maximum atomic E-state index is 13.2. The van der Waals surface area contributed by atoms with Crippen LogP contribution in [0.15, 0.2) is 50.2 Å². The molecule has 0 amide bonds. The van der Waals surface area contributed by atoms with Crippen LogP contribution >= 0.6 is 0 Å². The molecular formula is C22H20F6N6O2S. The molecule has 4 N–H and O–H groups in total. The third-order valence-electron chi connectivity index (χ3n) is 5.36. The van der Waals surface area contributed by atoms with E-state index >= 15 is 0 Å². The zero-order valence-corrected chi connectivity index (χ0v) is 19.7. The van der Waals surface area contributed by atoms with Crippen molar-refractivity contribution in [1.29, 1.82) is 0 Å². The Hall–Kier alpha value is -3.38. The number of dihydropyridines is 1. The summed E-state index contributed by atoms with van der Waals surface area (Å²) >= 11 is 0. The molecule has 0 aromatic heterocycles. The number of halogens is 6. The largest absolute Gasteiger partial charge is 0.416 e. The number of benzene rings is 1. The van der Waals surface area contributed by atoms with Crippen LogP contribution in [0.1, 0.15) is 24.0 Å². The second-order valence-electron chi connectivity index (χ2n) is 8.55. The van der Waals surface area contributed by atoms with Crippen molar-refractivity contribution >= 4 is 27.5 Å². The number of nitrogens with one attached hydrogen (secondary N) is 2. The van der Waals surface area contributed by atoms with Crippen LogP contribution in [0.2, 0.25) is 0 Å². The number of nitrogens with two attached hydrogens (primary N) is 1. The number of primary sulfonamides is 1. The van der Waals surface area contributed by atoms with Gasteiger partial charge in [0.1, 0.15) is 24.1 Å². The van der Waals surface area contributed by atoms with Crippen LogP contribution in [0, 0.1) is 17.8 Å². The molecule has 8 nitrogen and oxygen atoms in total. The lowest BCUT2D eigenvalue weighted by atomic mass is 10.0. The van der Waals surface area contributed by atoms with Gasteiger partial charge >= 0.3 is 12.4 Å². The van der Waals surface area contributed by atoms with Crippen LogP contribution in [-0.2, 0) is 22.7 Å². The molecule has 1 aromatic rings. The van der Waals surface area contributed by atoms with Gasteiger partial charge in [0.25, 0.3) is 0 Å². The molecule has 198 valence electrons. The Bertz CT molecular complexity index is 1360. The number of rotatable bonds is 4. The normalized spacial score (nSPS) is 24.0. The van der Waals surface area contributed by atoms with Gasteiger partial charge in [0, 0.05) is 5.92 Å². The van der Waals surface area contributed by atoms with E-state index < -0.39 is 58.0 Å². The van der Waals surface area contributed by atoms with Gasteiger partial charge in [0.05, 0.1) is 23.0 Å². The Morgan fingerprint density at radius 3 is 2.46 bits per heavy atom. The number of alkyl halides is 6. The van der Waals surface area contributed by atoms with Crippen LogP contribution in [0.5, 0.6) is 0 Å². The molecule has 4 rings (SSSR count). The Kier molecular flexibility index (Phi) is 7.08. The van der Waals surface area contributed by atoms with Gasteiger partial charge in [0.15, 0.2) is 5.96 Å². The Morgan fingerprint density at radius 1 is 1.11 bits per heavy atom. The predicted octanol–water partition coefficient (Wildman–Crippen LogP) is 2.52. The SMILES string of the molecule is NS(=O)(=O)c1cc(CN=C2NC(=NCC(F)(F)F)C3N=C(C#CC4CC4)C=CC3N2)cc(C(F)(F)F)c1. The first-order valence-electron chi connectivity index (χ1n) is 10.9. The van der Waals surface area contributed by atoms with Gasteiger partial charge in [-0.05, 0) is 48.6 Å². The number of nitrogens with zero attached hydrogens (tertiary/aromatic N) is 3. The minimum absolute atomic E-state index is 0.0795. The number of fused-ring (bicyclic) bond motifs is 1. The summed E-state index contributed by atoms with van der Waals surface area (Å²) in [4.78, 5) is 11.3. The van der Waals surface area contributed by atoms with E-state index in [1.807, 2.05) is 0 Å². The lowest BCUT2D eigenvalue weighted by molar-refractivity contribution is -0.137. The highest BCUT2D eigenvalue weighted by Gasteiger charge is 2.36. The van der Waals surface area contributed by atoms with Gasteiger partial charge < -0.3 is 10.6 Å². The van der Waals surface area contributed by atoms with Crippen molar-refractivity contribution in [1.82, 2.24) is 10.6 Å². The fourth-order valence-electron chi connectivity index (χ4n) is 3.44. The molecule has 1 aromatic carbocycles. The van der Waals surface area contributed by atoms with Crippen LogP contribution in [0.25, 0.3) is 0 Å². The van der Waals surface area contributed by atoms with Gasteiger partial charge in [-0.1, -0.05) is 12.0 Å². The topological polar surface area (TPSA) is 121 Å². The molecule has 2 unspecified atom stereocenters. The molecule has 1 saturated heterocycles. The van der Waals surface area contributed by atoms with Crippen molar-refractivity contribution in [2.24, 2.45) is 26.0 Å². The monoisotopic (exact) mass is 546 g/mol. The summed E-state index contributed by atoms with van der Waals surface area (Å²) in [5.41, 5.74) is -0.993. The lowest BCUT2D eigenvalue weighted by Gasteiger charge is -2.34. The van der Waals surface area contributed by atoms with Crippen LogP contribution in [-0.4, -0.2) is 50.7 Å². The number of aliphatic imine (C=N–C) groups is 3. The summed E-state index contributed by atoms with van der Waals surface area (Å²) in [5, 5.41) is 10.5. The van der Waals surface area contributed by atoms with E-state index in [4.69, 9.17) is 5.14 Å². The zero-order chi connectivity index (χ0) is 27.0. The van der Waals surface area contributed by atoms with Crippen molar-refractivity contribution in [2.45, 2.75) is 48.7 Å². The van der Waals surface area contributed by atoms with E-state index in [1.165, 1.54) is 0 Å². The van der Waals surface area contributed by atoms with Crippen molar-refractivity contribution in [3.63, 3.8) is 0 Å². The zero-order valence-electron chi connectivity index (χ0n) is 18.9. The molecule has 1 saturated carbocycles. The Balaban J connectivity index is 1.61. The first-order valence-corrected chi connectivity index (χ1v) is 12.4. The molecule has 0 spiro atoms. The van der Waals surface area contributed by atoms with Crippen molar-refractivity contribution in [2.75, 3.05) is 6.54 Å². The summed E-state index contributed by atoms with van der Waals surface area (Å²) in [7, 11) is -4.45. The molecule has 15 heteroatoms. The summed E-state index contributed by atoms with van der Waals surface area (Å²) < 4.78 is 102. The first kappa shape index (κ1) is 26.7. The third kappa shape index (κ3) is 7.32. The second kappa shape index (κ2) is 9.82. The lowest BCUT2D eigenvalue weighted by Crippen LogP contribution is -2.61. The highest BCUT2D eigenvalue weighted by atomic mass is 32.2. The van der Waals surface area contributed by atoms with E-state index in [-0.39, 0.29) is 17.4 Å². The van der Waals surface area contributed by atoms with Gasteiger partial charge in [-0.3, -0.25) is 9.98 Å². The summed E-state index contributed by atoms with van der Waals surface area (Å²) in [6, 6.07) is 0.536. The third-order valence-corrected chi connectivity index (χ3v) is 6.25. The van der Waals surface area contributed by atoms with Crippen LogP contribution in [0.3, 0.4) is 0 Å². The van der Waals surface area contributed by atoms with Crippen LogP contribution in [0.4, 0.5) is 26.3 Å². The number of guanidine groups is 1. The minimum atomic E-state index is -4.85. The van der Waals surface area contributed by atoms with E-state index in [0.717, 1.165) is 18.9 Å². The van der Waals surface area contributed by atoms with Gasteiger partial charge in [-0.2, -0.15) is 26.3 Å². The number of sulfonamides is 1. The standard InChI is InChI=1S/C22H20F6N6O2S/c23-21(24,25)11-31-19-18-17(6-5-15(32-18)4-3-12-1-2-12)33-20(34-19)30-10-13-7-14(22(26,27)28)9-16(8-13)37(29,35)36/h5-9,12,17-18H,1-2,10-11H2,(H2,29,35,36)(H2,30,31,33,34). The Labute approximate surface area is 207 Å². The molecule has 2 fully saturated rings. The van der Waals surface area contributed by atoms with E-state index in [9.17, 15) is 34.8 Å². The Morgan fingerprint density at radius 2 is 1.84 bits per heavy atom. The molecule has 0 bridgehead atoms. The molecule has 1 aliphatic carbocycles. The van der Waals surface area contributed by atoms with Crippen molar-refractivity contribution in [3.05, 3.63) is 41.5 Å². The van der Waals surface area contributed by atoms with E-state index in [0.29, 0.717) is 23.8 Å². The smallest absolute Gasteiger partial charge is 0.347 e. The molecule has 2 aliphatic heterocycles. The van der Waals surface area contributed by atoms with Gasteiger partial charge in [-0.15, -0.1) is 0 Å². The highest BCUT2D eigenvalue weighted by molar-refractivity contribution is 7.89. The average Bonchev–Trinajstić information content (AvgIpc) is 3.62. The number of hydrogen-bond acceptors (Lipinski definition) is 5. The molecular weight excluding hydrogens is 526 g/mol. The van der Waals surface area contributed by atoms with Gasteiger partial charge in [-0.25, -0.2) is 18.5 Å². The molecule has 2 atom stereocenters. The average molecular weight is 546 g/mol. The molecule has 2 heterocycles. The second-order valence-corrected chi connectivity index (χ2v) is 10.1. The fraction of sp³-hybridized carbons (Fsp3) is 0.409. The number of hydrogen-bond donors (Lipinski definition) is 3. The quantitative estimate of drug-likeness (QED) is 0.397. The van der Waals surface area contributed by atoms with Gasteiger partial charge in [0.2, 0.25) is 10.0 Å². The minimum Gasteiger partial charge on any atom is -0.347 e. The maximum absolute atomic E-state index is 13.2.